The Morgan fingerprint density at radius 1 is 1.56 bits per heavy atom. The van der Waals surface area contributed by atoms with E-state index >= 15 is 0 Å². The Hall–Kier alpha value is -1.03. The molecule has 1 fully saturated rings. The van der Waals surface area contributed by atoms with Crippen molar-refractivity contribution in [1.82, 2.24) is 9.78 Å². The molecule has 1 heterocycles. The maximum atomic E-state index is 10.5. The van der Waals surface area contributed by atoms with Crippen LogP contribution in [0.15, 0.2) is 6.20 Å². The fraction of sp³-hybridized carbons (Fsp3) is 0.636. The summed E-state index contributed by atoms with van der Waals surface area (Å²) < 4.78 is 1.85. The van der Waals surface area contributed by atoms with Gasteiger partial charge in [-0.15, -0.1) is 0 Å². The van der Waals surface area contributed by atoms with E-state index in [1.165, 1.54) is 12.8 Å². The highest BCUT2D eigenvalue weighted by Crippen LogP contribution is 2.32. The van der Waals surface area contributed by atoms with Crippen molar-refractivity contribution in [3.05, 3.63) is 16.9 Å². The Balaban J connectivity index is 2.07. The average Bonchev–Trinajstić information content (AvgIpc) is 2.84. The van der Waals surface area contributed by atoms with Gasteiger partial charge in [0.15, 0.2) is 0 Å². The van der Waals surface area contributed by atoms with Crippen molar-refractivity contribution in [1.29, 1.82) is 0 Å². The number of aryl methyl sites for hydroxylation is 1. The molecule has 0 atom stereocenters. The molecule has 0 unspecified atom stereocenters. The summed E-state index contributed by atoms with van der Waals surface area (Å²) in [7, 11) is 0. The van der Waals surface area contributed by atoms with Gasteiger partial charge < -0.3 is 5.11 Å². The van der Waals surface area contributed by atoms with Crippen molar-refractivity contribution in [2.75, 3.05) is 0 Å². The van der Waals surface area contributed by atoms with E-state index in [1.807, 2.05) is 4.68 Å². The summed E-state index contributed by atoms with van der Waals surface area (Å²) in [5, 5.41) is 13.5. The smallest absolute Gasteiger partial charge is 0.303 e. The number of halogens is 1. The molecule has 1 aromatic rings. The third-order valence-electron chi connectivity index (χ3n) is 3.08. The van der Waals surface area contributed by atoms with Gasteiger partial charge in [0, 0.05) is 12.0 Å². The molecule has 88 valence electrons. The second-order valence-electron chi connectivity index (χ2n) is 4.24. The molecule has 0 saturated heterocycles. The summed E-state index contributed by atoms with van der Waals surface area (Å²) in [6.45, 7) is 0. The average molecular weight is 243 g/mol. The molecule has 4 nitrogen and oxygen atoms in total. The number of nitrogens with zero attached hydrogens (tertiary/aromatic N) is 2. The molecular formula is C11H15ClN2O2. The number of aromatic nitrogens is 2. The Kier molecular flexibility index (Phi) is 3.49. The second-order valence-corrected chi connectivity index (χ2v) is 4.60. The molecule has 1 N–H and O–H groups in total. The zero-order valence-electron chi connectivity index (χ0n) is 9.03. The molecule has 1 aliphatic carbocycles. The number of rotatable bonds is 4. The lowest BCUT2D eigenvalue weighted by molar-refractivity contribution is -0.136. The first-order chi connectivity index (χ1) is 7.68. The molecule has 16 heavy (non-hydrogen) atoms. The molecule has 0 aliphatic heterocycles. The molecule has 1 saturated carbocycles. The molecule has 2 rings (SSSR count). The molecule has 0 spiro atoms. The molecule has 0 bridgehead atoms. The van der Waals surface area contributed by atoms with E-state index in [0.717, 1.165) is 18.4 Å². The number of carbonyl (C=O) groups is 1. The van der Waals surface area contributed by atoms with Crippen LogP contribution in [0.5, 0.6) is 0 Å². The van der Waals surface area contributed by atoms with E-state index in [-0.39, 0.29) is 6.42 Å². The molecular weight excluding hydrogens is 228 g/mol. The van der Waals surface area contributed by atoms with Gasteiger partial charge in [0.1, 0.15) is 5.15 Å². The number of carboxylic acid groups (broad SMARTS) is 1. The van der Waals surface area contributed by atoms with Crippen LogP contribution >= 0.6 is 11.6 Å². The van der Waals surface area contributed by atoms with Crippen LogP contribution in [0.4, 0.5) is 0 Å². The second kappa shape index (κ2) is 4.87. The first-order valence-corrected chi connectivity index (χ1v) is 6.00. The van der Waals surface area contributed by atoms with Crippen LogP contribution in [0.1, 0.15) is 43.7 Å². The van der Waals surface area contributed by atoms with Crippen LogP contribution in [0.3, 0.4) is 0 Å². The maximum absolute atomic E-state index is 10.5. The Labute approximate surface area is 99.2 Å². The molecule has 5 heteroatoms. The van der Waals surface area contributed by atoms with Gasteiger partial charge in [0.25, 0.3) is 0 Å². The minimum atomic E-state index is -0.801. The Bertz CT molecular complexity index is 383. The predicted octanol–water partition coefficient (Wildman–Crippen LogP) is 2.67. The van der Waals surface area contributed by atoms with Gasteiger partial charge in [-0.25, -0.2) is 0 Å². The van der Waals surface area contributed by atoms with Gasteiger partial charge in [-0.2, -0.15) is 5.10 Å². The summed E-state index contributed by atoms with van der Waals surface area (Å²) in [6, 6.07) is 0.408. The number of aliphatic carboxylic acids is 1. The minimum absolute atomic E-state index is 0.107. The van der Waals surface area contributed by atoms with Gasteiger partial charge in [-0.1, -0.05) is 24.4 Å². The number of carboxylic acids is 1. The lowest BCUT2D eigenvalue weighted by Crippen LogP contribution is -2.06. The van der Waals surface area contributed by atoms with Crippen molar-refractivity contribution in [2.24, 2.45) is 0 Å². The predicted molar refractivity (Wildman–Crippen MR) is 60.7 cm³/mol. The Morgan fingerprint density at radius 3 is 2.88 bits per heavy atom. The van der Waals surface area contributed by atoms with Crippen LogP contribution in [0.25, 0.3) is 0 Å². The van der Waals surface area contributed by atoms with Gasteiger partial charge in [0.05, 0.1) is 12.2 Å². The zero-order valence-corrected chi connectivity index (χ0v) is 9.78. The van der Waals surface area contributed by atoms with Crippen molar-refractivity contribution >= 4 is 17.6 Å². The third-order valence-corrected chi connectivity index (χ3v) is 3.50. The normalized spacial score (nSPS) is 16.8. The summed E-state index contributed by atoms with van der Waals surface area (Å²) in [5.74, 6) is -0.801. The molecule has 0 radical (unpaired) electrons. The summed E-state index contributed by atoms with van der Waals surface area (Å²) in [5.41, 5.74) is 0.843. The van der Waals surface area contributed by atoms with Gasteiger partial charge in [-0.05, 0) is 19.3 Å². The fourth-order valence-corrected chi connectivity index (χ4v) is 2.52. The lowest BCUT2D eigenvalue weighted by Gasteiger charge is -2.10. The highest BCUT2D eigenvalue weighted by atomic mass is 35.5. The largest absolute Gasteiger partial charge is 0.481 e. The monoisotopic (exact) mass is 242 g/mol. The molecule has 1 aliphatic rings. The molecule has 0 aromatic carbocycles. The number of hydrogen-bond donors (Lipinski definition) is 1. The van der Waals surface area contributed by atoms with Gasteiger partial charge >= 0.3 is 5.97 Å². The summed E-state index contributed by atoms with van der Waals surface area (Å²) in [4.78, 5) is 10.5. The standard InChI is InChI=1S/C11H15ClN2O2/c12-11-8(5-6-10(15)16)7-13-14(11)9-3-1-2-4-9/h7,9H,1-6H2,(H,15,16). The number of hydrogen-bond acceptors (Lipinski definition) is 2. The van der Waals surface area contributed by atoms with Crippen LogP contribution in [-0.2, 0) is 11.2 Å². The van der Waals surface area contributed by atoms with Crippen LogP contribution in [0, 0.1) is 0 Å². The summed E-state index contributed by atoms with van der Waals surface area (Å²) in [6.07, 6.45) is 6.97. The van der Waals surface area contributed by atoms with Gasteiger partial charge in [-0.3, -0.25) is 9.48 Å². The van der Waals surface area contributed by atoms with E-state index in [9.17, 15) is 4.79 Å². The minimum Gasteiger partial charge on any atom is -0.481 e. The quantitative estimate of drug-likeness (QED) is 0.883. The zero-order chi connectivity index (χ0) is 11.5. The van der Waals surface area contributed by atoms with Crippen LogP contribution in [0.2, 0.25) is 5.15 Å². The Morgan fingerprint density at radius 2 is 2.25 bits per heavy atom. The van der Waals surface area contributed by atoms with Crippen molar-refractivity contribution in [3.8, 4) is 0 Å². The van der Waals surface area contributed by atoms with E-state index in [1.54, 1.807) is 6.20 Å². The highest BCUT2D eigenvalue weighted by molar-refractivity contribution is 6.30. The fourth-order valence-electron chi connectivity index (χ4n) is 2.20. The first kappa shape index (κ1) is 11.5. The first-order valence-electron chi connectivity index (χ1n) is 5.62. The molecule has 0 amide bonds. The van der Waals surface area contributed by atoms with E-state index in [2.05, 4.69) is 5.10 Å². The molecule has 1 aromatic heterocycles. The third kappa shape index (κ3) is 2.38. The topological polar surface area (TPSA) is 55.1 Å². The van der Waals surface area contributed by atoms with Gasteiger partial charge in [0.2, 0.25) is 0 Å². The van der Waals surface area contributed by atoms with Crippen LogP contribution < -0.4 is 0 Å². The van der Waals surface area contributed by atoms with E-state index in [4.69, 9.17) is 16.7 Å². The highest BCUT2D eigenvalue weighted by Gasteiger charge is 2.21. The van der Waals surface area contributed by atoms with E-state index < -0.39 is 5.97 Å². The SMILES string of the molecule is O=C(O)CCc1cnn(C2CCCC2)c1Cl. The van der Waals surface area contributed by atoms with E-state index in [0.29, 0.717) is 17.6 Å². The van der Waals surface area contributed by atoms with Crippen molar-refractivity contribution in [2.45, 2.75) is 44.6 Å². The summed E-state index contributed by atoms with van der Waals surface area (Å²) >= 11 is 6.20. The lowest BCUT2D eigenvalue weighted by atomic mass is 10.2. The van der Waals surface area contributed by atoms with Crippen molar-refractivity contribution < 1.29 is 9.90 Å². The van der Waals surface area contributed by atoms with Crippen molar-refractivity contribution in [3.63, 3.8) is 0 Å². The van der Waals surface area contributed by atoms with Crippen LogP contribution in [-0.4, -0.2) is 20.9 Å². The maximum Gasteiger partial charge on any atom is 0.303 e.